The Morgan fingerprint density at radius 3 is 2.53 bits per heavy atom. The van der Waals surface area contributed by atoms with Crippen LogP contribution in [-0.4, -0.2) is 48.3 Å². The van der Waals surface area contributed by atoms with Gasteiger partial charge in [-0.05, 0) is 30.0 Å². The Labute approximate surface area is 188 Å². The molecular formula is C25H31NO6. The summed E-state index contributed by atoms with van der Waals surface area (Å²) in [6, 6.07) is 16.5. The first kappa shape index (κ1) is 22.7. The average molecular weight is 442 g/mol. The van der Waals surface area contributed by atoms with Crippen molar-refractivity contribution in [3.05, 3.63) is 65.7 Å². The maximum Gasteiger partial charge on any atom is 0.223 e. The second-order valence-corrected chi connectivity index (χ2v) is 8.43. The van der Waals surface area contributed by atoms with Gasteiger partial charge in [0, 0.05) is 12.5 Å². The molecule has 2 aromatic rings. The first-order valence-electron chi connectivity index (χ1n) is 11.2. The van der Waals surface area contributed by atoms with E-state index in [0.29, 0.717) is 11.7 Å². The summed E-state index contributed by atoms with van der Waals surface area (Å²) >= 11 is 0. The molecule has 2 aliphatic rings. The Hall–Kier alpha value is -2.45. The summed E-state index contributed by atoms with van der Waals surface area (Å²) in [6.45, 7) is 5.96. The van der Waals surface area contributed by atoms with Crippen LogP contribution in [0.4, 0.5) is 0 Å². The molecule has 0 aliphatic carbocycles. The second-order valence-electron chi connectivity index (χ2n) is 8.43. The number of ether oxygens (including phenoxy) is 4. The van der Waals surface area contributed by atoms with E-state index in [9.17, 15) is 9.90 Å². The number of nitrogens with one attached hydrogen (secondary N) is 1. The molecule has 1 amide bonds. The normalized spacial score (nSPS) is 30.8. The molecule has 32 heavy (non-hydrogen) atoms. The van der Waals surface area contributed by atoms with E-state index in [1.807, 2.05) is 54.6 Å². The van der Waals surface area contributed by atoms with E-state index >= 15 is 0 Å². The molecule has 7 nitrogen and oxygen atoms in total. The van der Waals surface area contributed by atoms with Crippen molar-refractivity contribution in [1.82, 2.24) is 5.32 Å². The Bertz CT molecular complexity index is 889. The van der Waals surface area contributed by atoms with Gasteiger partial charge in [0.2, 0.25) is 12.2 Å². The molecule has 0 aromatic heterocycles. The van der Waals surface area contributed by atoms with Gasteiger partial charge in [0.15, 0.2) is 6.29 Å². The van der Waals surface area contributed by atoms with Crippen LogP contribution < -0.4 is 10.1 Å². The average Bonchev–Trinajstić information content (AvgIpc) is 2.82. The minimum absolute atomic E-state index is 0.237. The number of hydrogen-bond donors (Lipinski definition) is 2. The maximum atomic E-state index is 11.9. The third-order valence-electron chi connectivity index (χ3n) is 6.12. The van der Waals surface area contributed by atoms with Crippen molar-refractivity contribution in [3.8, 4) is 5.75 Å². The zero-order valence-corrected chi connectivity index (χ0v) is 18.6. The molecule has 2 saturated heterocycles. The molecule has 0 spiro atoms. The Morgan fingerprint density at radius 2 is 1.88 bits per heavy atom. The van der Waals surface area contributed by atoms with Gasteiger partial charge in [0.05, 0.1) is 6.61 Å². The fourth-order valence-corrected chi connectivity index (χ4v) is 4.11. The number of aliphatic hydroxyl groups excluding tert-OH is 1. The molecule has 4 rings (SSSR count). The summed E-state index contributed by atoms with van der Waals surface area (Å²) in [7, 11) is 0. The molecule has 0 saturated carbocycles. The number of carbonyl (C=O) groups excluding carboxylic acids is 1. The van der Waals surface area contributed by atoms with Crippen LogP contribution in [0.25, 0.3) is 0 Å². The Morgan fingerprint density at radius 1 is 1.16 bits per heavy atom. The molecule has 0 bridgehead atoms. The summed E-state index contributed by atoms with van der Waals surface area (Å²) in [5.74, 6) is 0.769. The quantitative estimate of drug-likeness (QED) is 0.716. The number of carbonyl (C=O) groups is 1. The van der Waals surface area contributed by atoms with Gasteiger partial charge < -0.3 is 29.4 Å². The van der Waals surface area contributed by atoms with Gasteiger partial charge in [-0.3, -0.25) is 4.79 Å². The Kier molecular flexibility index (Phi) is 7.10. The van der Waals surface area contributed by atoms with E-state index in [-0.39, 0.29) is 12.5 Å². The molecule has 0 unspecified atom stereocenters. The zero-order chi connectivity index (χ0) is 22.7. The van der Waals surface area contributed by atoms with Crippen molar-refractivity contribution >= 4 is 5.91 Å². The van der Waals surface area contributed by atoms with Gasteiger partial charge in [-0.15, -0.1) is 0 Å². The van der Waals surface area contributed by atoms with Crippen molar-refractivity contribution < 1.29 is 28.8 Å². The van der Waals surface area contributed by atoms with Crippen molar-refractivity contribution in [2.24, 2.45) is 0 Å². The highest BCUT2D eigenvalue weighted by Crippen LogP contribution is 2.35. The van der Waals surface area contributed by atoms with Gasteiger partial charge in [-0.2, -0.15) is 0 Å². The minimum Gasteiger partial charge on any atom is -0.463 e. The summed E-state index contributed by atoms with van der Waals surface area (Å²) in [6.07, 6.45) is -2.67. The minimum atomic E-state index is -1.03. The topological polar surface area (TPSA) is 86.2 Å². The summed E-state index contributed by atoms with van der Waals surface area (Å²) in [4.78, 5) is 11.9. The van der Waals surface area contributed by atoms with E-state index in [1.165, 1.54) is 12.5 Å². The number of fused-ring (bicyclic) bond motifs is 1. The predicted molar refractivity (Wildman–Crippen MR) is 118 cm³/mol. The van der Waals surface area contributed by atoms with E-state index in [4.69, 9.17) is 18.9 Å². The first-order valence-corrected chi connectivity index (χ1v) is 11.2. The van der Waals surface area contributed by atoms with Gasteiger partial charge in [0.25, 0.3) is 0 Å². The van der Waals surface area contributed by atoms with Gasteiger partial charge in [-0.25, -0.2) is 0 Å². The van der Waals surface area contributed by atoms with Gasteiger partial charge >= 0.3 is 0 Å². The van der Waals surface area contributed by atoms with Crippen molar-refractivity contribution in [3.63, 3.8) is 0 Å². The lowest BCUT2D eigenvalue weighted by Gasteiger charge is -2.47. The summed E-state index contributed by atoms with van der Waals surface area (Å²) in [5.41, 5.74) is 2.08. The highest BCUT2D eigenvalue weighted by atomic mass is 16.7. The van der Waals surface area contributed by atoms with Crippen molar-refractivity contribution in [2.45, 2.75) is 70.0 Å². The number of benzene rings is 2. The van der Waals surface area contributed by atoms with E-state index in [2.05, 4.69) is 19.2 Å². The fourth-order valence-electron chi connectivity index (χ4n) is 4.11. The zero-order valence-electron chi connectivity index (χ0n) is 18.6. The van der Waals surface area contributed by atoms with Crippen LogP contribution >= 0.6 is 0 Å². The van der Waals surface area contributed by atoms with Gasteiger partial charge in [0.1, 0.15) is 30.1 Å². The smallest absolute Gasteiger partial charge is 0.223 e. The van der Waals surface area contributed by atoms with Crippen LogP contribution in [-0.2, 0) is 19.0 Å². The highest BCUT2D eigenvalue weighted by molar-refractivity contribution is 5.73. The standard InChI is InChI=1S/C25H31NO6/c1-4-15(2)17-10-12-19(13-11-17)30-25-21(26-16(3)27)22(28)23-20(31-25)14-29-24(32-23)18-8-6-5-7-9-18/h5-13,15,20-25,28H,4,14H2,1-3H3,(H,26,27)/t15-,20+,21-,22+,23+,24+,25-/m1/s1. The maximum absolute atomic E-state index is 11.9. The molecule has 2 fully saturated rings. The molecule has 2 aromatic carbocycles. The highest BCUT2D eigenvalue weighted by Gasteiger charge is 2.50. The predicted octanol–water partition coefficient (Wildman–Crippen LogP) is 3.28. The van der Waals surface area contributed by atoms with Crippen LogP contribution in [0.15, 0.2) is 54.6 Å². The molecule has 2 aliphatic heterocycles. The van der Waals surface area contributed by atoms with Crippen molar-refractivity contribution in [2.75, 3.05) is 6.61 Å². The van der Waals surface area contributed by atoms with Crippen LogP contribution in [0.1, 0.15) is 50.5 Å². The number of hydrogen-bond acceptors (Lipinski definition) is 6. The Balaban J connectivity index is 1.50. The molecule has 2 heterocycles. The third-order valence-corrected chi connectivity index (χ3v) is 6.12. The number of rotatable bonds is 6. The largest absolute Gasteiger partial charge is 0.463 e. The third kappa shape index (κ3) is 4.96. The lowest BCUT2D eigenvalue weighted by Crippen LogP contribution is -2.67. The van der Waals surface area contributed by atoms with E-state index < -0.39 is 36.9 Å². The van der Waals surface area contributed by atoms with Crippen LogP contribution in [0.3, 0.4) is 0 Å². The summed E-state index contributed by atoms with van der Waals surface area (Å²) < 4.78 is 24.1. The first-order chi connectivity index (χ1) is 15.5. The SMILES string of the molecule is CC[C@@H](C)c1ccc(O[C@@H]2O[C@H]3CO[C@H](c4ccccc4)O[C@@H]3[C@@H](O)[C@H]2NC(C)=O)cc1. The molecule has 0 radical (unpaired) electrons. The lowest BCUT2D eigenvalue weighted by molar-refractivity contribution is -0.333. The molecule has 172 valence electrons. The number of aliphatic hydroxyl groups is 1. The molecule has 7 heteroatoms. The van der Waals surface area contributed by atoms with Crippen LogP contribution in [0.5, 0.6) is 5.75 Å². The van der Waals surface area contributed by atoms with Crippen LogP contribution in [0.2, 0.25) is 0 Å². The van der Waals surface area contributed by atoms with E-state index in [1.54, 1.807) is 0 Å². The fraction of sp³-hybridized carbons (Fsp3) is 0.480. The molecule has 7 atom stereocenters. The van der Waals surface area contributed by atoms with Crippen molar-refractivity contribution in [1.29, 1.82) is 0 Å². The lowest BCUT2D eigenvalue weighted by atomic mass is 9.95. The van der Waals surface area contributed by atoms with Gasteiger partial charge in [-0.1, -0.05) is 56.3 Å². The summed E-state index contributed by atoms with van der Waals surface area (Å²) in [5, 5.41) is 13.9. The van der Waals surface area contributed by atoms with Crippen LogP contribution in [0, 0.1) is 0 Å². The second kappa shape index (κ2) is 10.0. The molecular weight excluding hydrogens is 410 g/mol. The molecule has 2 N–H and O–H groups in total. The number of amides is 1. The monoisotopic (exact) mass is 441 g/mol. The van der Waals surface area contributed by atoms with E-state index in [0.717, 1.165) is 12.0 Å².